The van der Waals surface area contributed by atoms with E-state index < -0.39 is 45.6 Å². The number of aliphatic carboxylic acids is 1. The van der Waals surface area contributed by atoms with Crippen molar-refractivity contribution >= 4 is 16.0 Å². The maximum Gasteiger partial charge on any atom is 0.321 e. The summed E-state index contributed by atoms with van der Waals surface area (Å²) in [5.41, 5.74) is 0.0357. The fourth-order valence-corrected chi connectivity index (χ4v) is 2.81. The van der Waals surface area contributed by atoms with Crippen LogP contribution in [0.25, 0.3) is 0 Å². The van der Waals surface area contributed by atoms with Crippen LogP contribution < -0.4 is 4.72 Å². The van der Waals surface area contributed by atoms with Gasteiger partial charge in [0.1, 0.15) is 16.8 Å². The zero-order chi connectivity index (χ0) is 15.5. The SMILES string of the molecule is Cc1cccc(S(=O)(=O)NC(CC(F)F)C(=O)O)c1F. The normalized spacial score (nSPS) is 13.4. The maximum absolute atomic E-state index is 13.7. The molecule has 0 fully saturated rings. The Morgan fingerprint density at radius 3 is 2.50 bits per heavy atom. The molecule has 0 amide bonds. The largest absolute Gasteiger partial charge is 0.480 e. The average molecular weight is 311 g/mol. The lowest BCUT2D eigenvalue weighted by atomic mass is 10.2. The van der Waals surface area contributed by atoms with Crippen LogP contribution in [0.1, 0.15) is 12.0 Å². The van der Waals surface area contributed by atoms with Gasteiger partial charge in [-0.1, -0.05) is 12.1 Å². The van der Waals surface area contributed by atoms with Gasteiger partial charge in [0.15, 0.2) is 0 Å². The number of carboxylic acid groups (broad SMARTS) is 1. The third kappa shape index (κ3) is 3.94. The van der Waals surface area contributed by atoms with Crippen molar-refractivity contribution in [3.05, 3.63) is 29.6 Å². The summed E-state index contributed by atoms with van der Waals surface area (Å²) < 4.78 is 63.3. The number of carboxylic acids is 1. The average Bonchev–Trinajstić information content (AvgIpc) is 2.30. The van der Waals surface area contributed by atoms with E-state index in [0.29, 0.717) is 0 Å². The van der Waals surface area contributed by atoms with Gasteiger partial charge in [0.25, 0.3) is 0 Å². The lowest BCUT2D eigenvalue weighted by molar-refractivity contribution is -0.140. The maximum atomic E-state index is 13.7. The predicted octanol–water partition coefficient (Wildman–Crippen LogP) is 1.52. The second-order valence-corrected chi connectivity index (χ2v) is 5.71. The number of benzene rings is 1. The number of hydrogen-bond acceptors (Lipinski definition) is 3. The summed E-state index contributed by atoms with van der Waals surface area (Å²) in [5.74, 6) is -2.82. The summed E-state index contributed by atoms with van der Waals surface area (Å²) in [7, 11) is -4.54. The van der Waals surface area contributed by atoms with Crippen LogP contribution in [0.5, 0.6) is 0 Å². The molecule has 0 radical (unpaired) electrons. The second kappa shape index (κ2) is 6.23. The van der Waals surface area contributed by atoms with E-state index in [0.717, 1.165) is 6.07 Å². The summed E-state index contributed by atoms with van der Waals surface area (Å²) >= 11 is 0. The van der Waals surface area contributed by atoms with Crippen LogP contribution in [0.3, 0.4) is 0 Å². The van der Waals surface area contributed by atoms with E-state index in [1.54, 1.807) is 4.72 Å². The molecule has 5 nitrogen and oxygen atoms in total. The Balaban J connectivity index is 3.10. The Kier molecular flexibility index (Phi) is 5.12. The summed E-state index contributed by atoms with van der Waals surface area (Å²) in [6, 6.07) is 1.48. The van der Waals surface area contributed by atoms with Crippen LogP contribution in [0.2, 0.25) is 0 Å². The van der Waals surface area contributed by atoms with Crippen LogP contribution >= 0.6 is 0 Å². The first-order valence-corrected chi connectivity index (χ1v) is 6.92. The van der Waals surface area contributed by atoms with Crippen molar-refractivity contribution in [3.8, 4) is 0 Å². The van der Waals surface area contributed by atoms with Crippen LogP contribution in [-0.2, 0) is 14.8 Å². The molecule has 0 aliphatic rings. The number of carbonyl (C=O) groups is 1. The second-order valence-electron chi connectivity index (χ2n) is 4.03. The molecular formula is C11H12F3NO4S. The summed E-state index contributed by atoms with van der Waals surface area (Å²) in [4.78, 5) is 9.96. The molecule has 0 aliphatic heterocycles. The van der Waals surface area contributed by atoms with Crippen molar-refractivity contribution in [3.63, 3.8) is 0 Å². The first-order valence-electron chi connectivity index (χ1n) is 5.43. The van der Waals surface area contributed by atoms with Crippen LogP contribution in [0.15, 0.2) is 23.1 Å². The third-order valence-electron chi connectivity index (χ3n) is 2.46. The standard InChI is InChI=1S/C11H12F3NO4S/c1-6-3-2-4-8(10(6)14)20(18,19)15-7(11(16)17)5-9(12)13/h2-4,7,9,15H,5H2,1H3,(H,16,17). The molecule has 0 spiro atoms. The van der Waals surface area contributed by atoms with Crippen molar-refractivity contribution in [2.45, 2.75) is 30.7 Å². The van der Waals surface area contributed by atoms with Gasteiger partial charge in [-0.2, -0.15) is 4.72 Å². The highest BCUT2D eigenvalue weighted by atomic mass is 32.2. The summed E-state index contributed by atoms with van der Waals surface area (Å²) in [5, 5.41) is 8.70. The van der Waals surface area contributed by atoms with Gasteiger partial charge in [0.05, 0.1) is 0 Å². The van der Waals surface area contributed by atoms with Gasteiger partial charge in [-0.15, -0.1) is 0 Å². The Bertz CT molecular complexity index is 604. The van der Waals surface area contributed by atoms with Crippen LogP contribution in [-0.4, -0.2) is 32.0 Å². The van der Waals surface area contributed by atoms with E-state index in [1.807, 2.05) is 0 Å². The highest BCUT2D eigenvalue weighted by molar-refractivity contribution is 7.89. The first-order chi connectivity index (χ1) is 9.15. The highest BCUT2D eigenvalue weighted by Gasteiger charge is 2.30. The van der Waals surface area contributed by atoms with Gasteiger partial charge in [0.2, 0.25) is 16.4 Å². The first kappa shape index (κ1) is 16.4. The van der Waals surface area contributed by atoms with Crippen molar-refractivity contribution in [1.29, 1.82) is 0 Å². The Morgan fingerprint density at radius 2 is 2.00 bits per heavy atom. The number of aryl methyl sites for hydroxylation is 1. The number of nitrogens with one attached hydrogen (secondary N) is 1. The number of rotatable bonds is 6. The van der Waals surface area contributed by atoms with Gasteiger partial charge in [-0.05, 0) is 18.6 Å². The summed E-state index contributed by atoms with van der Waals surface area (Å²) in [6.07, 6.45) is -4.22. The quantitative estimate of drug-likeness (QED) is 0.834. The van der Waals surface area contributed by atoms with Crippen LogP contribution in [0.4, 0.5) is 13.2 Å². The molecule has 0 bridgehead atoms. The predicted molar refractivity (Wildman–Crippen MR) is 63.5 cm³/mol. The van der Waals surface area contributed by atoms with Crippen LogP contribution in [0, 0.1) is 12.7 Å². The topological polar surface area (TPSA) is 83.5 Å². The zero-order valence-electron chi connectivity index (χ0n) is 10.3. The molecule has 1 atom stereocenters. The number of halogens is 3. The highest BCUT2D eigenvalue weighted by Crippen LogP contribution is 2.18. The molecular weight excluding hydrogens is 299 g/mol. The van der Waals surface area contributed by atoms with Crippen molar-refractivity contribution in [1.82, 2.24) is 4.72 Å². The smallest absolute Gasteiger partial charge is 0.321 e. The Morgan fingerprint density at radius 1 is 1.40 bits per heavy atom. The lowest BCUT2D eigenvalue weighted by Crippen LogP contribution is -2.42. The number of alkyl halides is 2. The molecule has 112 valence electrons. The minimum Gasteiger partial charge on any atom is -0.480 e. The van der Waals surface area contributed by atoms with Gasteiger partial charge < -0.3 is 5.11 Å². The molecule has 9 heteroatoms. The molecule has 0 aliphatic carbocycles. The van der Waals surface area contributed by atoms with E-state index in [-0.39, 0.29) is 5.56 Å². The number of sulfonamides is 1. The van der Waals surface area contributed by atoms with Crippen molar-refractivity contribution in [2.24, 2.45) is 0 Å². The van der Waals surface area contributed by atoms with E-state index in [4.69, 9.17) is 5.11 Å². The molecule has 0 heterocycles. The molecule has 0 saturated heterocycles. The Labute approximate surface area is 113 Å². The van der Waals surface area contributed by atoms with E-state index in [1.165, 1.54) is 19.1 Å². The fourth-order valence-electron chi connectivity index (χ4n) is 1.46. The van der Waals surface area contributed by atoms with E-state index >= 15 is 0 Å². The third-order valence-corrected chi connectivity index (χ3v) is 3.94. The molecule has 1 aromatic rings. The fraction of sp³-hybridized carbons (Fsp3) is 0.364. The molecule has 1 unspecified atom stereocenters. The molecule has 0 saturated carbocycles. The number of hydrogen-bond donors (Lipinski definition) is 2. The van der Waals surface area contributed by atoms with E-state index in [2.05, 4.69) is 0 Å². The molecule has 1 aromatic carbocycles. The molecule has 0 aromatic heterocycles. The van der Waals surface area contributed by atoms with Crippen molar-refractivity contribution in [2.75, 3.05) is 0 Å². The van der Waals surface area contributed by atoms with Gasteiger partial charge >= 0.3 is 5.97 Å². The van der Waals surface area contributed by atoms with E-state index in [9.17, 15) is 26.4 Å². The van der Waals surface area contributed by atoms with Gasteiger partial charge in [-0.25, -0.2) is 21.6 Å². The van der Waals surface area contributed by atoms with Crippen molar-refractivity contribution < 1.29 is 31.5 Å². The minimum atomic E-state index is -4.54. The zero-order valence-corrected chi connectivity index (χ0v) is 11.1. The molecule has 20 heavy (non-hydrogen) atoms. The lowest BCUT2D eigenvalue weighted by Gasteiger charge is -2.15. The summed E-state index contributed by atoms with van der Waals surface area (Å²) in [6.45, 7) is 1.32. The monoisotopic (exact) mass is 311 g/mol. The molecule has 2 N–H and O–H groups in total. The molecule has 1 rings (SSSR count). The van der Waals surface area contributed by atoms with Gasteiger partial charge in [0, 0.05) is 6.42 Å². The van der Waals surface area contributed by atoms with Gasteiger partial charge in [-0.3, -0.25) is 4.79 Å². The minimum absolute atomic E-state index is 0.0357. The Hall–Kier alpha value is -1.61.